The van der Waals surface area contributed by atoms with Crippen LogP contribution in [0.25, 0.3) is 0 Å². The maximum absolute atomic E-state index is 13.1. The minimum absolute atomic E-state index is 0.0128. The third-order valence-electron chi connectivity index (χ3n) is 9.32. The van der Waals surface area contributed by atoms with E-state index in [-0.39, 0.29) is 11.9 Å². The fourth-order valence-corrected chi connectivity index (χ4v) is 7.06. The first-order valence-electron chi connectivity index (χ1n) is 13.4. The van der Waals surface area contributed by atoms with Crippen LogP contribution in [0.1, 0.15) is 76.7 Å². The number of benzene rings is 1. The summed E-state index contributed by atoms with van der Waals surface area (Å²) in [5, 5.41) is 9.84. The number of hydrazone groups is 1. The highest BCUT2D eigenvalue weighted by molar-refractivity contribution is 5.94. The molecule has 0 spiro atoms. The number of carbonyl (C=O) groups is 1. The van der Waals surface area contributed by atoms with E-state index in [1.807, 2.05) is 0 Å². The molecule has 5 aliphatic rings. The molecule has 3 aliphatic carbocycles. The monoisotopic (exact) mass is 450 g/mol. The van der Waals surface area contributed by atoms with Crippen LogP contribution in [0.15, 0.2) is 35.4 Å². The molecule has 1 aromatic carbocycles. The number of piperidine rings is 1. The molecule has 3 saturated carbocycles. The van der Waals surface area contributed by atoms with Gasteiger partial charge in [0.25, 0.3) is 0 Å². The molecule has 1 N–H and O–H groups in total. The van der Waals surface area contributed by atoms with Crippen LogP contribution in [-0.2, 0) is 0 Å². The molecule has 2 aliphatic heterocycles. The standard InChI is InChI=1S/C28H42N4O/c1-28(2)23-14-13-22(25(28)18-23)19-29-27(33)32-20-24(21-10-5-3-6-11-21)26(30-32)12-9-17-31-15-7-4-8-16-31/h3,5-6,10-11,22-25H,4,7-9,12-20H2,1-2H3,(H,29,33)/t22-,23-,24?,25-/m0/s1. The van der Waals surface area contributed by atoms with Crippen LogP contribution in [0, 0.1) is 23.2 Å². The van der Waals surface area contributed by atoms with Gasteiger partial charge in [-0.1, -0.05) is 50.6 Å². The van der Waals surface area contributed by atoms with Crippen LogP contribution in [0.2, 0.25) is 0 Å². The molecule has 0 aromatic heterocycles. The van der Waals surface area contributed by atoms with Crippen LogP contribution < -0.4 is 5.32 Å². The molecule has 6 rings (SSSR count). The smallest absolute Gasteiger partial charge is 0.336 e. The van der Waals surface area contributed by atoms with E-state index in [4.69, 9.17) is 5.10 Å². The molecular weight excluding hydrogens is 408 g/mol. The highest BCUT2D eigenvalue weighted by atomic mass is 16.2. The Bertz CT molecular complexity index is 843. The Morgan fingerprint density at radius 1 is 1.12 bits per heavy atom. The molecule has 1 unspecified atom stereocenters. The van der Waals surface area contributed by atoms with Crippen LogP contribution in [0.3, 0.4) is 0 Å². The first-order valence-corrected chi connectivity index (χ1v) is 13.4. The van der Waals surface area contributed by atoms with Gasteiger partial charge in [0.05, 0.1) is 6.54 Å². The van der Waals surface area contributed by atoms with E-state index in [1.54, 1.807) is 5.01 Å². The maximum Gasteiger partial charge on any atom is 0.337 e. The van der Waals surface area contributed by atoms with Gasteiger partial charge in [-0.05, 0) is 93.3 Å². The average Bonchev–Trinajstić information content (AvgIpc) is 3.28. The van der Waals surface area contributed by atoms with Crippen molar-refractivity contribution in [2.24, 2.45) is 28.3 Å². The average molecular weight is 451 g/mol. The highest BCUT2D eigenvalue weighted by Crippen LogP contribution is 2.61. The van der Waals surface area contributed by atoms with Gasteiger partial charge in [-0.25, -0.2) is 9.80 Å². The Hall–Kier alpha value is -1.88. The van der Waals surface area contributed by atoms with Crippen LogP contribution in [0.5, 0.6) is 0 Å². The lowest BCUT2D eigenvalue weighted by Gasteiger charge is -2.60. The molecule has 5 heteroatoms. The van der Waals surface area contributed by atoms with Gasteiger partial charge in [0.2, 0.25) is 0 Å². The molecule has 4 fully saturated rings. The lowest BCUT2D eigenvalue weighted by molar-refractivity contribution is -0.103. The summed E-state index contributed by atoms with van der Waals surface area (Å²) in [5.74, 6) is 2.51. The first-order chi connectivity index (χ1) is 16.0. The number of likely N-dealkylation sites (tertiary alicyclic amines) is 1. The van der Waals surface area contributed by atoms with E-state index in [0.29, 0.717) is 17.9 Å². The zero-order chi connectivity index (χ0) is 22.8. The third kappa shape index (κ3) is 4.84. The van der Waals surface area contributed by atoms with Crippen molar-refractivity contribution in [3.63, 3.8) is 0 Å². The van der Waals surface area contributed by atoms with Crippen LogP contribution in [-0.4, -0.2) is 54.4 Å². The van der Waals surface area contributed by atoms with Crippen molar-refractivity contribution in [1.29, 1.82) is 0 Å². The van der Waals surface area contributed by atoms with E-state index in [2.05, 4.69) is 54.4 Å². The number of hydrogen-bond donors (Lipinski definition) is 1. The Morgan fingerprint density at radius 2 is 1.91 bits per heavy atom. The Labute approximate surface area is 200 Å². The van der Waals surface area contributed by atoms with Gasteiger partial charge in [-0.15, -0.1) is 0 Å². The van der Waals surface area contributed by atoms with Crippen molar-refractivity contribution < 1.29 is 4.79 Å². The molecule has 2 heterocycles. The summed E-state index contributed by atoms with van der Waals surface area (Å²) >= 11 is 0. The lowest BCUT2D eigenvalue weighted by atomic mass is 9.45. The summed E-state index contributed by atoms with van der Waals surface area (Å²) in [6, 6.07) is 10.6. The summed E-state index contributed by atoms with van der Waals surface area (Å²) in [4.78, 5) is 15.7. The van der Waals surface area contributed by atoms with Gasteiger partial charge in [-0.3, -0.25) is 0 Å². The largest absolute Gasteiger partial charge is 0.337 e. The van der Waals surface area contributed by atoms with Crippen molar-refractivity contribution in [2.75, 3.05) is 32.7 Å². The molecule has 1 saturated heterocycles. The summed E-state index contributed by atoms with van der Waals surface area (Å²) in [6.45, 7) is 9.93. The number of carbonyl (C=O) groups excluding carboxylic acids is 1. The van der Waals surface area contributed by atoms with Gasteiger partial charge in [0.1, 0.15) is 0 Å². The molecule has 2 amide bonds. The molecule has 2 bridgehead atoms. The summed E-state index contributed by atoms with van der Waals surface area (Å²) in [5.41, 5.74) is 2.91. The van der Waals surface area contributed by atoms with Gasteiger partial charge >= 0.3 is 6.03 Å². The summed E-state index contributed by atoms with van der Waals surface area (Å²) in [7, 11) is 0. The minimum atomic E-state index is -0.0128. The molecule has 0 radical (unpaired) electrons. The Kier molecular flexibility index (Phi) is 6.78. The second-order valence-corrected chi connectivity index (χ2v) is 11.5. The van der Waals surface area contributed by atoms with E-state index in [9.17, 15) is 4.79 Å². The molecule has 180 valence electrons. The number of rotatable bonds is 7. The van der Waals surface area contributed by atoms with Gasteiger partial charge in [0, 0.05) is 18.2 Å². The normalized spacial score (nSPS) is 31.1. The Balaban J connectivity index is 1.19. The van der Waals surface area contributed by atoms with Crippen LogP contribution in [0.4, 0.5) is 4.79 Å². The van der Waals surface area contributed by atoms with Crippen LogP contribution >= 0.6 is 0 Å². The van der Waals surface area contributed by atoms with Crippen molar-refractivity contribution in [3.05, 3.63) is 35.9 Å². The molecule has 33 heavy (non-hydrogen) atoms. The van der Waals surface area contributed by atoms with E-state index >= 15 is 0 Å². The first kappa shape index (κ1) is 22.9. The number of hydrogen-bond acceptors (Lipinski definition) is 3. The van der Waals surface area contributed by atoms with E-state index in [1.165, 1.54) is 62.9 Å². The predicted molar refractivity (Wildman–Crippen MR) is 134 cm³/mol. The van der Waals surface area contributed by atoms with Gasteiger partial charge in [0.15, 0.2) is 0 Å². The van der Waals surface area contributed by atoms with E-state index < -0.39 is 0 Å². The number of nitrogens with zero attached hydrogens (tertiary/aromatic N) is 3. The molecule has 5 nitrogen and oxygen atoms in total. The van der Waals surface area contributed by atoms with Crippen molar-refractivity contribution in [3.8, 4) is 0 Å². The topological polar surface area (TPSA) is 47.9 Å². The van der Waals surface area contributed by atoms with Crippen molar-refractivity contribution in [1.82, 2.24) is 15.2 Å². The summed E-state index contributed by atoms with van der Waals surface area (Å²) in [6.07, 6.45) is 10.1. The predicted octanol–water partition coefficient (Wildman–Crippen LogP) is 5.49. The highest BCUT2D eigenvalue weighted by Gasteiger charge is 2.54. The fourth-order valence-electron chi connectivity index (χ4n) is 7.06. The number of amides is 2. The molecular formula is C28H42N4O. The number of urea groups is 1. The second kappa shape index (κ2) is 9.77. The van der Waals surface area contributed by atoms with Gasteiger partial charge in [-0.2, -0.15) is 5.10 Å². The zero-order valence-electron chi connectivity index (χ0n) is 20.6. The molecule has 4 atom stereocenters. The second-order valence-electron chi connectivity index (χ2n) is 11.5. The van der Waals surface area contributed by atoms with Gasteiger partial charge < -0.3 is 10.2 Å². The SMILES string of the molecule is CC1(C)[C@H]2CC[C@@H](CNC(=O)N3CC(c4ccccc4)C(CCCN4CCCCC4)=N3)[C@@H]1C2. The van der Waals surface area contributed by atoms with Crippen molar-refractivity contribution >= 4 is 11.7 Å². The fraction of sp³-hybridized carbons (Fsp3) is 0.714. The van der Waals surface area contributed by atoms with E-state index in [0.717, 1.165) is 37.8 Å². The lowest BCUT2D eigenvalue weighted by Crippen LogP contribution is -2.55. The Morgan fingerprint density at radius 3 is 2.64 bits per heavy atom. The molecule has 1 aromatic rings. The maximum atomic E-state index is 13.1. The number of nitrogens with one attached hydrogen (secondary N) is 1. The van der Waals surface area contributed by atoms with Crippen molar-refractivity contribution in [2.45, 2.75) is 71.1 Å². The number of fused-ring (bicyclic) bond motifs is 2. The quantitative estimate of drug-likeness (QED) is 0.597. The minimum Gasteiger partial charge on any atom is -0.336 e. The zero-order valence-corrected chi connectivity index (χ0v) is 20.6. The third-order valence-corrected chi connectivity index (χ3v) is 9.32. The summed E-state index contributed by atoms with van der Waals surface area (Å²) < 4.78 is 0.